The number of alkyl carbamates (subject to hydrolysis) is 1. The number of esters is 1. The number of methoxy groups -OCH3 is 2. The summed E-state index contributed by atoms with van der Waals surface area (Å²) in [5.74, 6) is -1.54. The van der Waals surface area contributed by atoms with E-state index in [-0.39, 0.29) is 13.2 Å². The van der Waals surface area contributed by atoms with E-state index in [4.69, 9.17) is 0 Å². The van der Waals surface area contributed by atoms with E-state index in [9.17, 15) is 27.6 Å². The summed E-state index contributed by atoms with van der Waals surface area (Å²) >= 11 is 0. The van der Waals surface area contributed by atoms with Gasteiger partial charge in [0.1, 0.15) is 12.6 Å². The molecule has 1 rings (SSSR count). The summed E-state index contributed by atoms with van der Waals surface area (Å²) in [5, 5.41) is 2.10. The molecule has 0 aliphatic carbocycles. The quantitative estimate of drug-likeness (QED) is 0.704. The highest BCUT2D eigenvalue weighted by atomic mass is 19.4. The third-order valence-electron chi connectivity index (χ3n) is 2.93. The van der Waals surface area contributed by atoms with Crippen LogP contribution in [0.5, 0.6) is 0 Å². The summed E-state index contributed by atoms with van der Waals surface area (Å²) in [6.45, 7) is -2.44. The Hall–Kier alpha value is -2.04. The van der Waals surface area contributed by atoms with Crippen molar-refractivity contribution in [1.82, 2.24) is 15.1 Å². The van der Waals surface area contributed by atoms with Gasteiger partial charge in [0, 0.05) is 6.54 Å². The predicted molar refractivity (Wildman–Crippen MR) is 65.6 cm³/mol. The summed E-state index contributed by atoms with van der Waals surface area (Å²) in [4.78, 5) is 36.3. The molecule has 0 radical (unpaired) electrons. The molecule has 22 heavy (non-hydrogen) atoms. The molecule has 1 aliphatic heterocycles. The van der Waals surface area contributed by atoms with E-state index in [0.29, 0.717) is 0 Å². The van der Waals surface area contributed by atoms with Crippen molar-refractivity contribution < 1.29 is 37.0 Å². The van der Waals surface area contributed by atoms with Crippen LogP contribution in [-0.2, 0) is 19.1 Å². The number of hydrogen-bond acceptors (Lipinski definition) is 6. The first-order chi connectivity index (χ1) is 10.2. The zero-order valence-corrected chi connectivity index (χ0v) is 12.0. The minimum atomic E-state index is -4.45. The average Bonchev–Trinajstić information content (AvgIpc) is 2.85. The van der Waals surface area contributed by atoms with Crippen LogP contribution in [0.25, 0.3) is 0 Å². The fourth-order valence-electron chi connectivity index (χ4n) is 1.99. The van der Waals surface area contributed by atoms with Crippen molar-refractivity contribution in [3.05, 3.63) is 0 Å². The van der Waals surface area contributed by atoms with E-state index in [1.807, 2.05) is 0 Å². The topological polar surface area (TPSA) is 88.2 Å². The minimum Gasteiger partial charge on any atom is -0.467 e. The molecule has 1 atom stereocenters. The first-order valence-corrected chi connectivity index (χ1v) is 6.16. The van der Waals surface area contributed by atoms with Crippen molar-refractivity contribution >= 4 is 18.0 Å². The molecule has 8 nitrogen and oxygen atoms in total. The Morgan fingerprint density at radius 1 is 1.23 bits per heavy atom. The van der Waals surface area contributed by atoms with Crippen LogP contribution >= 0.6 is 0 Å². The smallest absolute Gasteiger partial charge is 0.407 e. The van der Waals surface area contributed by atoms with Gasteiger partial charge >= 0.3 is 18.2 Å². The molecule has 1 unspecified atom stereocenters. The Morgan fingerprint density at radius 2 is 1.86 bits per heavy atom. The predicted octanol–water partition coefficient (Wildman–Crippen LogP) is -0.452. The normalized spacial score (nSPS) is 19.0. The third-order valence-corrected chi connectivity index (χ3v) is 2.93. The van der Waals surface area contributed by atoms with Gasteiger partial charge in [-0.15, -0.1) is 0 Å². The number of rotatable bonds is 4. The van der Waals surface area contributed by atoms with Gasteiger partial charge in [0.25, 0.3) is 0 Å². The number of halogens is 3. The maximum Gasteiger partial charge on any atom is 0.407 e. The fraction of sp³-hybridized carbons (Fsp3) is 0.727. The number of nitrogens with zero attached hydrogens (tertiary/aromatic N) is 2. The van der Waals surface area contributed by atoms with Crippen LogP contribution in [0.4, 0.5) is 18.0 Å². The maximum absolute atomic E-state index is 12.4. The molecule has 2 amide bonds. The fourth-order valence-corrected chi connectivity index (χ4v) is 1.99. The zero-order chi connectivity index (χ0) is 16.9. The summed E-state index contributed by atoms with van der Waals surface area (Å²) in [6, 6.07) is -1.15. The van der Waals surface area contributed by atoms with Crippen LogP contribution in [0.15, 0.2) is 0 Å². The van der Waals surface area contributed by atoms with E-state index < -0.39 is 43.3 Å². The van der Waals surface area contributed by atoms with E-state index >= 15 is 0 Å². The van der Waals surface area contributed by atoms with Gasteiger partial charge in [0.05, 0.1) is 27.4 Å². The van der Waals surface area contributed by atoms with Crippen LogP contribution in [0.3, 0.4) is 0 Å². The van der Waals surface area contributed by atoms with Gasteiger partial charge in [-0.3, -0.25) is 9.69 Å². The number of hydrogen-bond donors (Lipinski definition) is 1. The van der Waals surface area contributed by atoms with Crippen LogP contribution < -0.4 is 5.32 Å². The SMILES string of the molecule is COC(=O)NCC(=O)N1CN(CC(F)(F)F)CC1C(=O)OC. The number of amides is 2. The van der Waals surface area contributed by atoms with Crippen LogP contribution in [0, 0.1) is 0 Å². The molecule has 1 saturated heterocycles. The highest BCUT2D eigenvalue weighted by Crippen LogP contribution is 2.21. The lowest BCUT2D eigenvalue weighted by atomic mass is 10.2. The number of alkyl halides is 3. The number of carbonyl (C=O) groups excluding carboxylic acids is 3. The molecule has 11 heteroatoms. The van der Waals surface area contributed by atoms with Crippen molar-refractivity contribution in [2.45, 2.75) is 12.2 Å². The zero-order valence-electron chi connectivity index (χ0n) is 12.0. The van der Waals surface area contributed by atoms with Gasteiger partial charge < -0.3 is 19.7 Å². The Labute approximate surface area is 124 Å². The molecule has 1 aliphatic rings. The molecule has 1 fully saturated rings. The second-order valence-corrected chi connectivity index (χ2v) is 4.52. The van der Waals surface area contributed by atoms with Gasteiger partial charge in [-0.1, -0.05) is 0 Å². The maximum atomic E-state index is 12.4. The molecule has 0 spiro atoms. The number of nitrogens with one attached hydrogen (secondary N) is 1. The van der Waals surface area contributed by atoms with E-state index in [2.05, 4.69) is 14.8 Å². The van der Waals surface area contributed by atoms with Crippen molar-refractivity contribution in [3.63, 3.8) is 0 Å². The van der Waals surface area contributed by atoms with E-state index in [1.165, 1.54) is 0 Å². The molecule has 1 N–H and O–H groups in total. The third kappa shape index (κ3) is 5.06. The summed E-state index contributed by atoms with van der Waals surface area (Å²) in [7, 11) is 2.17. The molecule has 0 saturated carbocycles. The average molecular weight is 327 g/mol. The second-order valence-electron chi connectivity index (χ2n) is 4.52. The molecule has 1 heterocycles. The standard InChI is InChI=1S/C11H16F3N3O5/c1-21-9(19)7-4-16(5-11(12,13)14)6-17(7)8(18)3-15-10(20)22-2/h7H,3-6H2,1-2H3,(H,15,20). The van der Waals surface area contributed by atoms with Crippen molar-refractivity contribution in [1.29, 1.82) is 0 Å². The largest absolute Gasteiger partial charge is 0.467 e. The molecular weight excluding hydrogens is 311 g/mol. The Kier molecular flexibility index (Phi) is 5.97. The van der Waals surface area contributed by atoms with Gasteiger partial charge in [-0.25, -0.2) is 9.59 Å². The van der Waals surface area contributed by atoms with Gasteiger partial charge in [-0.2, -0.15) is 13.2 Å². The van der Waals surface area contributed by atoms with Gasteiger partial charge in [0.15, 0.2) is 0 Å². The molecule has 0 bridgehead atoms. The molecule has 0 aromatic carbocycles. The van der Waals surface area contributed by atoms with E-state index in [1.54, 1.807) is 0 Å². The lowest BCUT2D eigenvalue weighted by molar-refractivity contribution is -0.150. The monoisotopic (exact) mass is 327 g/mol. The Bertz CT molecular complexity index is 443. The Balaban J connectivity index is 2.73. The summed E-state index contributed by atoms with van der Waals surface area (Å²) in [6.07, 6.45) is -5.32. The number of carbonyl (C=O) groups is 3. The number of ether oxygens (including phenoxy) is 2. The molecular formula is C11H16F3N3O5. The summed E-state index contributed by atoms with van der Waals surface area (Å²) < 4.78 is 46.0. The van der Waals surface area contributed by atoms with Crippen LogP contribution in [0.2, 0.25) is 0 Å². The van der Waals surface area contributed by atoms with Crippen molar-refractivity contribution in [3.8, 4) is 0 Å². The minimum absolute atomic E-state index is 0.295. The lowest BCUT2D eigenvalue weighted by Gasteiger charge is -2.22. The molecule has 0 aromatic rings. The van der Waals surface area contributed by atoms with Gasteiger partial charge in [0.2, 0.25) is 5.91 Å². The first kappa shape index (κ1) is 18.0. The highest BCUT2D eigenvalue weighted by molar-refractivity contribution is 5.87. The van der Waals surface area contributed by atoms with Crippen molar-refractivity contribution in [2.75, 3.05) is 40.5 Å². The second kappa shape index (κ2) is 7.29. The molecule has 126 valence electrons. The van der Waals surface area contributed by atoms with E-state index in [0.717, 1.165) is 24.0 Å². The van der Waals surface area contributed by atoms with Crippen LogP contribution in [-0.4, -0.2) is 80.5 Å². The lowest BCUT2D eigenvalue weighted by Crippen LogP contribution is -2.46. The molecule has 0 aromatic heterocycles. The highest BCUT2D eigenvalue weighted by Gasteiger charge is 2.42. The first-order valence-electron chi connectivity index (χ1n) is 6.16. The van der Waals surface area contributed by atoms with Crippen LogP contribution in [0.1, 0.15) is 0 Å². The Morgan fingerprint density at radius 3 is 2.36 bits per heavy atom. The van der Waals surface area contributed by atoms with Crippen molar-refractivity contribution in [2.24, 2.45) is 0 Å². The summed E-state index contributed by atoms with van der Waals surface area (Å²) in [5.41, 5.74) is 0. The van der Waals surface area contributed by atoms with Gasteiger partial charge in [-0.05, 0) is 0 Å².